The van der Waals surface area contributed by atoms with E-state index in [9.17, 15) is 13.2 Å². The molecule has 2 rings (SSSR count). The van der Waals surface area contributed by atoms with Gasteiger partial charge in [0, 0.05) is 32.7 Å². The van der Waals surface area contributed by atoms with Crippen LogP contribution in [0.4, 0.5) is 13.2 Å². The Bertz CT molecular complexity index is 562. The molecule has 1 heterocycles. The third-order valence-corrected chi connectivity index (χ3v) is 3.83. The predicted molar refractivity (Wildman–Crippen MR) is 87.2 cm³/mol. The third kappa shape index (κ3) is 5.92. The molecule has 1 aromatic rings. The van der Waals surface area contributed by atoms with Crippen molar-refractivity contribution in [3.63, 3.8) is 0 Å². The van der Waals surface area contributed by atoms with Crippen LogP contribution in [0.5, 0.6) is 5.75 Å². The summed E-state index contributed by atoms with van der Waals surface area (Å²) >= 11 is 0. The highest BCUT2D eigenvalue weighted by Crippen LogP contribution is 2.20. The number of ether oxygens (including phenoxy) is 1. The average molecular weight is 344 g/mol. The number of hydrogen-bond donors (Lipinski definition) is 2. The van der Waals surface area contributed by atoms with Gasteiger partial charge in [0.05, 0.1) is 13.7 Å². The molecule has 134 valence electrons. The topological polar surface area (TPSA) is 48.9 Å². The Kier molecular flexibility index (Phi) is 6.30. The highest BCUT2D eigenvalue weighted by atomic mass is 19.4. The van der Waals surface area contributed by atoms with Gasteiger partial charge in [-0.05, 0) is 24.1 Å². The van der Waals surface area contributed by atoms with Gasteiger partial charge in [0.15, 0.2) is 5.96 Å². The normalized spacial score (nSPS) is 19.4. The van der Waals surface area contributed by atoms with Crippen LogP contribution < -0.4 is 15.4 Å². The number of nitrogens with one attached hydrogen (secondary N) is 2. The van der Waals surface area contributed by atoms with Gasteiger partial charge in [-0.3, -0.25) is 9.89 Å². The van der Waals surface area contributed by atoms with Crippen molar-refractivity contribution < 1.29 is 17.9 Å². The molecule has 8 heteroatoms. The molecule has 1 saturated heterocycles. The summed E-state index contributed by atoms with van der Waals surface area (Å²) in [4.78, 5) is 5.54. The van der Waals surface area contributed by atoms with E-state index in [1.54, 1.807) is 14.2 Å². The molecule has 0 amide bonds. The van der Waals surface area contributed by atoms with Crippen LogP contribution in [0, 0.1) is 0 Å². The Labute approximate surface area is 139 Å². The van der Waals surface area contributed by atoms with Gasteiger partial charge >= 0.3 is 6.18 Å². The smallest absolute Gasteiger partial charge is 0.401 e. The lowest BCUT2D eigenvalue weighted by Crippen LogP contribution is -2.44. The fourth-order valence-electron chi connectivity index (χ4n) is 2.70. The van der Waals surface area contributed by atoms with Crippen molar-refractivity contribution in [2.45, 2.75) is 25.2 Å². The van der Waals surface area contributed by atoms with Gasteiger partial charge in [0.1, 0.15) is 5.75 Å². The standard InChI is InChI=1S/C16H23F3N4O/c1-20-15(21-9-12-4-3-5-14(8-12)24-2)22-13-6-7-23(10-13)11-16(17,18)19/h3-5,8,13H,6-7,9-11H2,1-2H3,(H2,20,21,22). The molecule has 1 fully saturated rings. The Morgan fingerprint density at radius 2 is 2.21 bits per heavy atom. The second-order valence-corrected chi connectivity index (χ2v) is 5.76. The molecule has 1 unspecified atom stereocenters. The highest BCUT2D eigenvalue weighted by molar-refractivity contribution is 5.80. The van der Waals surface area contributed by atoms with E-state index in [4.69, 9.17) is 4.74 Å². The summed E-state index contributed by atoms with van der Waals surface area (Å²) in [6.07, 6.45) is -3.49. The summed E-state index contributed by atoms with van der Waals surface area (Å²) in [5, 5.41) is 6.35. The summed E-state index contributed by atoms with van der Waals surface area (Å²) in [6.45, 7) is 0.486. The molecule has 24 heavy (non-hydrogen) atoms. The number of methoxy groups -OCH3 is 1. The Balaban J connectivity index is 1.80. The Hall–Kier alpha value is -1.96. The molecular formula is C16H23F3N4O. The first-order valence-electron chi connectivity index (χ1n) is 7.79. The van der Waals surface area contributed by atoms with E-state index in [2.05, 4.69) is 15.6 Å². The lowest BCUT2D eigenvalue weighted by molar-refractivity contribution is -0.143. The highest BCUT2D eigenvalue weighted by Gasteiger charge is 2.34. The van der Waals surface area contributed by atoms with Gasteiger partial charge in [-0.25, -0.2) is 0 Å². The van der Waals surface area contributed by atoms with Crippen LogP contribution in [0.3, 0.4) is 0 Å². The van der Waals surface area contributed by atoms with Crippen molar-refractivity contribution in [3.8, 4) is 5.75 Å². The van der Waals surface area contributed by atoms with Crippen LogP contribution in [0.25, 0.3) is 0 Å². The fraction of sp³-hybridized carbons (Fsp3) is 0.562. The molecule has 1 aromatic carbocycles. The first kappa shape index (κ1) is 18.4. The van der Waals surface area contributed by atoms with Crippen molar-refractivity contribution in [3.05, 3.63) is 29.8 Å². The zero-order valence-corrected chi connectivity index (χ0v) is 13.9. The van der Waals surface area contributed by atoms with E-state index in [1.807, 2.05) is 24.3 Å². The summed E-state index contributed by atoms with van der Waals surface area (Å²) in [5.74, 6) is 1.35. The van der Waals surface area contributed by atoms with Crippen LogP contribution >= 0.6 is 0 Å². The number of nitrogens with zero attached hydrogens (tertiary/aromatic N) is 2. The minimum atomic E-state index is -4.15. The van der Waals surface area contributed by atoms with Gasteiger partial charge in [-0.1, -0.05) is 12.1 Å². The average Bonchev–Trinajstić information content (AvgIpc) is 2.96. The molecule has 0 aliphatic carbocycles. The van der Waals surface area contributed by atoms with Crippen molar-refractivity contribution >= 4 is 5.96 Å². The largest absolute Gasteiger partial charge is 0.497 e. The van der Waals surface area contributed by atoms with E-state index < -0.39 is 12.7 Å². The molecular weight excluding hydrogens is 321 g/mol. The van der Waals surface area contributed by atoms with Crippen molar-refractivity contribution in [1.82, 2.24) is 15.5 Å². The molecule has 1 aliphatic rings. The molecule has 2 N–H and O–H groups in total. The van der Waals surface area contributed by atoms with Crippen molar-refractivity contribution in [2.24, 2.45) is 4.99 Å². The SMILES string of the molecule is CN=C(NCc1cccc(OC)c1)NC1CCN(CC(F)(F)F)C1. The van der Waals surface area contributed by atoms with Crippen LogP contribution in [-0.4, -0.2) is 56.9 Å². The van der Waals surface area contributed by atoms with E-state index in [0.717, 1.165) is 11.3 Å². The second kappa shape index (κ2) is 8.23. The zero-order valence-electron chi connectivity index (χ0n) is 13.9. The Morgan fingerprint density at radius 3 is 2.88 bits per heavy atom. The van der Waals surface area contributed by atoms with Gasteiger partial charge in [-0.2, -0.15) is 13.2 Å². The minimum absolute atomic E-state index is 0.0381. The van der Waals surface area contributed by atoms with Crippen molar-refractivity contribution in [1.29, 1.82) is 0 Å². The maximum absolute atomic E-state index is 12.4. The molecule has 0 bridgehead atoms. The van der Waals surface area contributed by atoms with Crippen LogP contribution in [0.2, 0.25) is 0 Å². The molecule has 1 atom stereocenters. The number of aliphatic imine (C=N–C) groups is 1. The van der Waals surface area contributed by atoms with Gasteiger partial charge < -0.3 is 15.4 Å². The number of likely N-dealkylation sites (tertiary alicyclic amines) is 1. The molecule has 5 nitrogen and oxygen atoms in total. The summed E-state index contributed by atoms with van der Waals surface area (Å²) < 4.78 is 42.5. The van der Waals surface area contributed by atoms with Crippen LogP contribution in [0.15, 0.2) is 29.3 Å². The summed E-state index contributed by atoms with van der Waals surface area (Å²) in [6, 6.07) is 7.61. The van der Waals surface area contributed by atoms with Crippen LogP contribution in [0.1, 0.15) is 12.0 Å². The first-order valence-corrected chi connectivity index (χ1v) is 7.79. The maximum Gasteiger partial charge on any atom is 0.401 e. The molecule has 0 radical (unpaired) electrons. The van der Waals surface area contributed by atoms with E-state index in [0.29, 0.717) is 32.0 Å². The fourth-order valence-corrected chi connectivity index (χ4v) is 2.70. The van der Waals surface area contributed by atoms with Crippen LogP contribution in [-0.2, 0) is 6.54 Å². The number of rotatable bonds is 5. The lowest BCUT2D eigenvalue weighted by Gasteiger charge is -2.20. The Morgan fingerprint density at radius 1 is 1.42 bits per heavy atom. The first-order chi connectivity index (χ1) is 11.4. The zero-order chi connectivity index (χ0) is 17.6. The quantitative estimate of drug-likeness (QED) is 0.634. The number of benzene rings is 1. The van der Waals surface area contributed by atoms with Gasteiger partial charge in [0.25, 0.3) is 0 Å². The molecule has 1 aliphatic heterocycles. The summed E-state index contributed by atoms with van der Waals surface area (Å²) in [7, 11) is 3.25. The molecule has 0 saturated carbocycles. The number of hydrogen-bond acceptors (Lipinski definition) is 3. The maximum atomic E-state index is 12.4. The number of halogens is 3. The monoisotopic (exact) mass is 344 g/mol. The second-order valence-electron chi connectivity index (χ2n) is 5.76. The lowest BCUT2D eigenvalue weighted by atomic mass is 10.2. The number of alkyl halides is 3. The minimum Gasteiger partial charge on any atom is -0.497 e. The number of guanidine groups is 1. The van der Waals surface area contributed by atoms with Crippen molar-refractivity contribution in [2.75, 3.05) is 33.8 Å². The predicted octanol–water partition coefficient (Wildman–Crippen LogP) is 2.00. The molecule has 0 spiro atoms. The summed E-state index contributed by atoms with van der Waals surface area (Å²) in [5.41, 5.74) is 1.03. The van der Waals surface area contributed by atoms with Gasteiger partial charge in [-0.15, -0.1) is 0 Å². The van der Waals surface area contributed by atoms with E-state index in [1.165, 1.54) is 4.90 Å². The van der Waals surface area contributed by atoms with E-state index in [-0.39, 0.29) is 6.04 Å². The molecule has 0 aromatic heterocycles. The third-order valence-electron chi connectivity index (χ3n) is 3.83. The van der Waals surface area contributed by atoms with Gasteiger partial charge in [0.2, 0.25) is 0 Å². The van der Waals surface area contributed by atoms with E-state index >= 15 is 0 Å².